The van der Waals surface area contributed by atoms with Gasteiger partial charge in [0, 0.05) is 24.2 Å². The molecule has 0 aliphatic carbocycles. The van der Waals surface area contributed by atoms with E-state index in [-0.39, 0.29) is 5.91 Å². The summed E-state index contributed by atoms with van der Waals surface area (Å²) < 4.78 is 0. The van der Waals surface area contributed by atoms with Crippen molar-refractivity contribution in [3.05, 3.63) is 90.1 Å². The van der Waals surface area contributed by atoms with E-state index in [0.717, 1.165) is 29.4 Å². The van der Waals surface area contributed by atoms with Gasteiger partial charge in [0.2, 0.25) is 0 Å². The Balaban J connectivity index is 1.47. The fourth-order valence-electron chi connectivity index (χ4n) is 2.87. The number of benzene rings is 2. The van der Waals surface area contributed by atoms with Crippen molar-refractivity contribution in [1.29, 1.82) is 0 Å². The molecule has 5 heteroatoms. The Bertz CT molecular complexity index is 871. The molecule has 0 spiro atoms. The van der Waals surface area contributed by atoms with Gasteiger partial charge in [0.15, 0.2) is 0 Å². The monoisotopic (exact) mass is 391 g/mol. The lowest BCUT2D eigenvalue weighted by Gasteiger charge is -2.17. The van der Waals surface area contributed by atoms with Gasteiger partial charge in [-0.2, -0.15) is 0 Å². The second-order valence-electron chi connectivity index (χ2n) is 6.60. The molecule has 0 aliphatic heterocycles. The van der Waals surface area contributed by atoms with Crippen LogP contribution in [0.1, 0.15) is 22.3 Å². The summed E-state index contributed by atoms with van der Waals surface area (Å²) in [5, 5.41) is 3.75. The predicted octanol–water partition coefficient (Wildman–Crippen LogP) is 4.48. The zero-order valence-corrected chi connectivity index (χ0v) is 16.9. The van der Waals surface area contributed by atoms with Gasteiger partial charge in [0.25, 0.3) is 5.91 Å². The predicted molar refractivity (Wildman–Crippen MR) is 115 cm³/mol. The van der Waals surface area contributed by atoms with E-state index in [1.165, 1.54) is 17.3 Å². The molecule has 0 radical (unpaired) electrons. The average molecular weight is 392 g/mol. The smallest absolute Gasteiger partial charge is 0.254 e. The van der Waals surface area contributed by atoms with Crippen LogP contribution in [0.15, 0.2) is 88.9 Å². The second-order valence-corrected chi connectivity index (χ2v) is 7.67. The Morgan fingerprint density at radius 2 is 1.71 bits per heavy atom. The van der Waals surface area contributed by atoms with Gasteiger partial charge in [-0.3, -0.25) is 4.79 Å². The van der Waals surface area contributed by atoms with Crippen LogP contribution in [0.25, 0.3) is 0 Å². The summed E-state index contributed by atoms with van der Waals surface area (Å²) in [6, 6.07) is 24.0. The van der Waals surface area contributed by atoms with E-state index in [0.29, 0.717) is 12.1 Å². The first-order valence-corrected chi connectivity index (χ1v) is 10.2. The number of nitrogens with zero attached hydrogens (tertiary/aromatic N) is 2. The standard InChI is InChI=1S/C23H25N3OS/c1-26(18-19-10-4-2-5-11-19)17-9-16-24-22(27)21-14-8-15-25-23(21)28-20-12-6-3-7-13-20/h2-8,10-15H,9,16-18H2,1H3,(H,24,27). The molecule has 1 amide bonds. The molecule has 4 nitrogen and oxygen atoms in total. The highest BCUT2D eigenvalue weighted by Crippen LogP contribution is 2.28. The Hall–Kier alpha value is -2.63. The summed E-state index contributed by atoms with van der Waals surface area (Å²) in [6.07, 6.45) is 2.62. The largest absolute Gasteiger partial charge is 0.352 e. The number of hydrogen-bond donors (Lipinski definition) is 1. The van der Waals surface area contributed by atoms with Crippen molar-refractivity contribution in [2.45, 2.75) is 22.9 Å². The number of carbonyl (C=O) groups excluding carboxylic acids is 1. The number of amides is 1. The second kappa shape index (κ2) is 10.6. The van der Waals surface area contributed by atoms with Gasteiger partial charge in [0.05, 0.1) is 5.56 Å². The minimum absolute atomic E-state index is 0.0720. The van der Waals surface area contributed by atoms with E-state index in [1.807, 2.05) is 42.5 Å². The maximum absolute atomic E-state index is 12.6. The van der Waals surface area contributed by atoms with Crippen molar-refractivity contribution >= 4 is 17.7 Å². The molecular weight excluding hydrogens is 366 g/mol. The van der Waals surface area contributed by atoms with Gasteiger partial charge >= 0.3 is 0 Å². The molecule has 3 aromatic rings. The van der Waals surface area contributed by atoms with Gasteiger partial charge in [-0.1, -0.05) is 60.3 Å². The first-order valence-electron chi connectivity index (χ1n) is 9.41. The highest BCUT2D eigenvalue weighted by atomic mass is 32.2. The van der Waals surface area contributed by atoms with E-state index >= 15 is 0 Å². The van der Waals surface area contributed by atoms with Crippen LogP contribution < -0.4 is 5.32 Å². The number of carbonyl (C=O) groups is 1. The van der Waals surface area contributed by atoms with Crippen LogP contribution >= 0.6 is 11.8 Å². The number of pyridine rings is 1. The van der Waals surface area contributed by atoms with Crippen LogP contribution in [0.5, 0.6) is 0 Å². The molecule has 0 fully saturated rings. The molecule has 144 valence electrons. The number of aromatic nitrogens is 1. The average Bonchev–Trinajstić information content (AvgIpc) is 2.73. The van der Waals surface area contributed by atoms with Crippen molar-refractivity contribution in [3.8, 4) is 0 Å². The molecule has 1 N–H and O–H groups in total. The normalized spacial score (nSPS) is 10.8. The molecule has 0 unspecified atom stereocenters. The lowest BCUT2D eigenvalue weighted by molar-refractivity contribution is 0.0948. The van der Waals surface area contributed by atoms with Gasteiger partial charge in [-0.05, 0) is 49.8 Å². The fourth-order valence-corrected chi connectivity index (χ4v) is 3.77. The molecule has 0 bridgehead atoms. The SMILES string of the molecule is CN(CCCNC(=O)c1cccnc1Sc1ccccc1)Cc1ccccc1. The molecular formula is C23H25N3OS. The first-order chi connectivity index (χ1) is 13.7. The third kappa shape index (κ3) is 6.22. The van der Waals surface area contributed by atoms with Gasteiger partial charge in [0.1, 0.15) is 5.03 Å². The van der Waals surface area contributed by atoms with Crippen molar-refractivity contribution in [2.75, 3.05) is 20.1 Å². The molecule has 0 atom stereocenters. The highest BCUT2D eigenvalue weighted by Gasteiger charge is 2.13. The molecule has 0 saturated heterocycles. The lowest BCUT2D eigenvalue weighted by atomic mass is 10.2. The maximum atomic E-state index is 12.6. The van der Waals surface area contributed by atoms with E-state index < -0.39 is 0 Å². The van der Waals surface area contributed by atoms with Crippen LogP contribution in [-0.2, 0) is 6.54 Å². The van der Waals surface area contributed by atoms with Crippen LogP contribution in [-0.4, -0.2) is 35.9 Å². The van der Waals surface area contributed by atoms with E-state index in [1.54, 1.807) is 12.3 Å². The lowest BCUT2D eigenvalue weighted by Crippen LogP contribution is -2.28. The third-order valence-electron chi connectivity index (χ3n) is 4.27. The van der Waals surface area contributed by atoms with E-state index in [4.69, 9.17) is 0 Å². The summed E-state index contributed by atoms with van der Waals surface area (Å²) in [5.41, 5.74) is 1.92. The topological polar surface area (TPSA) is 45.2 Å². The first kappa shape index (κ1) is 20.1. The van der Waals surface area contributed by atoms with Crippen molar-refractivity contribution in [2.24, 2.45) is 0 Å². The van der Waals surface area contributed by atoms with Crippen molar-refractivity contribution in [1.82, 2.24) is 15.2 Å². The number of rotatable bonds is 9. The van der Waals surface area contributed by atoms with E-state index in [9.17, 15) is 4.79 Å². The van der Waals surface area contributed by atoms with E-state index in [2.05, 4.69) is 46.5 Å². The molecule has 0 saturated carbocycles. The minimum Gasteiger partial charge on any atom is -0.352 e. The molecule has 3 rings (SSSR count). The van der Waals surface area contributed by atoms with Crippen molar-refractivity contribution in [3.63, 3.8) is 0 Å². The summed E-state index contributed by atoms with van der Waals surface area (Å²) in [7, 11) is 2.10. The van der Waals surface area contributed by atoms with Gasteiger partial charge in [-0.25, -0.2) is 4.98 Å². The molecule has 2 aromatic carbocycles. The Morgan fingerprint density at radius 3 is 2.46 bits per heavy atom. The summed E-state index contributed by atoms with van der Waals surface area (Å²) in [5.74, 6) is -0.0720. The third-order valence-corrected chi connectivity index (χ3v) is 5.30. The number of nitrogens with one attached hydrogen (secondary N) is 1. The molecule has 1 aromatic heterocycles. The molecule has 1 heterocycles. The number of hydrogen-bond acceptors (Lipinski definition) is 4. The van der Waals surface area contributed by atoms with Crippen molar-refractivity contribution < 1.29 is 4.79 Å². The quantitative estimate of drug-likeness (QED) is 0.546. The molecule has 28 heavy (non-hydrogen) atoms. The zero-order valence-electron chi connectivity index (χ0n) is 16.0. The summed E-state index contributed by atoms with van der Waals surface area (Å²) >= 11 is 1.51. The van der Waals surface area contributed by atoms with Crippen LogP contribution in [0.4, 0.5) is 0 Å². The summed E-state index contributed by atoms with van der Waals surface area (Å²) in [6.45, 7) is 2.48. The highest BCUT2D eigenvalue weighted by molar-refractivity contribution is 7.99. The van der Waals surface area contributed by atoms with Crippen LogP contribution in [0.2, 0.25) is 0 Å². The van der Waals surface area contributed by atoms with Gasteiger partial charge in [-0.15, -0.1) is 0 Å². The zero-order chi connectivity index (χ0) is 19.6. The Labute approximate surface area is 171 Å². The minimum atomic E-state index is -0.0720. The van der Waals surface area contributed by atoms with Crippen LogP contribution in [0.3, 0.4) is 0 Å². The summed E-state index contributed by atoms with van der Waals surface area (Å²) in [4.78, 5) is 20.3. The van der Waals surface area contributed by atoms with Crippen LogP contribution in [0, 0.1) is 0 Å². The fraction of sp³-hybridized carbons (Fsp3) is 0.217. The Kier molecular flexibility index (Phi) is 7.64. The molecule has 0 aliphatic rings. The van der Waals surface area contributed by atoms with Gasteiger partial charge < -0.3 is 10.2 Å². The maximum Gasteiger partial charge on any atom is 0.254 e. The Morgan fingerprint density at radius 1 is 1.00 bits per heavy atom.